The smallest absolute Gasteiger partial charge is 0.274 e. The largest absolute Gasteiger partial charge is 0.370 e. The number of carbonyl (C=O) groups excluding carboxylic acids is 1. The molecule has 1 amide bonds. The molecular formula is C17H18ClN3O. The zero-order chi connectivity index (χ0) is 15.5. The maximum atomic E-state index is 12.3. The van der Waals surface area contributed by atoms with E-state index in [1.54, 1.807) is 24.4 Å². The Bertz CT molecular complexity index is 679. The molecule has 2 aromatic rings. The summed E-state index contributed by atoms with van der Waals surface area (Å²) in [5, 5.41) is 3.53. The van der Waals surface area contributed by atoms with Gasteiger partial charge in [-0.25, -0.2) is 4.98 Å². The molecule has 4 nitrogen and oxygen atoms in total. The third-order valence-corrected chi connectivity index (χ3v) is 4.12. The molecule has 0 spiro atoms. The van der Waals surface area contributed by atoms with Crippen LogP contribution in [0.4, 0.5) is 11.4 Å². The summed E-state index contributed by atoms with van der Waals surface area (Å²) in [4.78, 5) is 18.8. The Balaban J connectivity index is 1.71. The number of anilines is 2. The topological polar surface area (TPSA) is 45.2 Å². The first kappa shape index (κ1) is 14.9. The standard InChI is InChI=1S/C17H18ClN3O/c1-12-10-13(18)4-6-15(12)20-17(22)16-7-5-14(11-19-16)21-8-2-3-9-21/h4-7,10-11H,2-3,8-9H2,1H3,(H,20,22). The average molecular weight is 316 g/mol. The van der Waals surface area contributed by atoms with E-state index in [9.17, 15) is 4.79 Å². The van der Waals surface area contributed by atoms with Crippen molar-refractivity contribution in [3.63, 3.8) is 0 Å². The Kier molecular flexibility index (Phi) is 4.29. The lowest BCUT2D eigenvalue weighted by molar-refractivity contribution is 0.102. The molecule has 2 heterocycles. The maximum absolute atomic E-state index is 12.3. The molecule has 0 unspecified atom stereocenters. The molecule has 3 rings (SSSR count). The van der Waals surface area contributed by atoms with Crippen molar-refractivity contribution in [1.82, 2.24) is 4.98 Å². The molecule has 114 valence electrons. The van der Waals surface area contributed by atoms with Crippen molar-refractivity contribution < 1.29 is 4.79 Å². The predicted octanol–water partition coefficient (Wildman–Crippen LogP) is 3.90. The van der Waals surface area contributed by atoms with Crippen molar-refractivity contribution >= 4 is 28.9 Å². The van der Waals surface area contributed by atoms with Crippen LogP contribution in [0.25, 0.3) is 0 Å². The van der Waals surface area contributed by atoms with Crippen molar-refractivity contribution in [2.24, 2.45) is 0 Å². The van der Waals surface area contributed by atoms with Crippen LogP contribution in [0.1, 0.15) is 28.9 Å². The van der Waals surface area contributed by atoms with Crippen molar-refractivity contribution in [2.45, 2.75) is 19.8 Å². The van der Waals surface area contributed by atoms with Gasteiger partial charge in [-0.3, -0.25) is 4.79 Å². The van der Waals surface area contributed by atoms with Gasteiger partial charge in [-0.15, -0.1) is 0 Å². The van der Waals surface area contributed by atoms with Crippen molar-refractivity contribution in [3.05, 3.63) is 52.8 Å². The highest BCUT2D eigenvalue weighted by molar-refractivity contribution is 6.30. The summed E-state index contributed by atoms with van der Waals surface area (Å²) in [5.41, 5.74) is 3.17. The number of benzene rings is 1. The average Bonchev–Trinajstić information content (AvgIpc) is 3.04. The van der Waals surface area contributed by atoms with Crippen LogP contribution in [0.3, 0.4) is 0 Å². The van der Waals surface area contributed by atoms with E-state index in [4.69, 9.17) is 11.6 Å². The molecule has 0 saturated carbocycles. The molecule has 1 saturated heterocycles. The summed E-state index contributed by atoms with van der Waals surface area (Å²) in [7, 11) is 0. The van der Waals surface area contributed by atoms with Crippen molar-refractivity contribution in [2.75, 3.05) is 23.3 Å². The number of aromatic nitrogens is 1. The molecule has 1 aliphatic heterocycles. The second-order valence-corrected chi connectivity index (χ2v) is 5.95. The molecular weight excluding hydrogens is 298 g/mol. The molecule has 1 aliphatic rings. The van der Waals surface area contributed by atoms with Gasteiger partial charge in [-0.2, -0.15) is 0 Å². The number of aryl methyl sites for hydroxylation is 1. The van der Waals surface area contributed by atoms with E-state index < -0.39 is 0 Å². The minimum Gasteiger partial charge on any atom is -0.370 e. The normalized spacial score (nSPS) is 14.2. The summed E-state index contributed by atoms with van der Waals surface area (Å²) in [6.45, 7) is 4.04. The van der Waals surface area contributed by atoms with Crippen LogP contribution in [0.5, 0.6) is 0 Å². The van der Waals surface area contributed by atoms with Crippen molar-refractivity contribution in [3.8, 4) is 0 Å². The quantitative estimate of drug-likeness (QED) is 0.934. The third kappa shape index (κ3) is 3.22. The number of hydrogen-bond acceptors (Lipinski definition) is 3. The summed E-state index contributed by atoms with van der Waals surface area (Å²) in [6.07, 6.45) is 4.21. The molecule has 22 heavy (non-hydrogen) atoms. The lowest BCUT2D eigenvalue weighted by Crippen LogP contribution is -2.19. The van der Waals surface area contributed by atoms with E-state index in [1.807, 2.05) is 19.1 Å². The van der Waals surface area contributed by atoms with Crippen LogP contribution >= 0.6 is 11.6 Å². The Morgan fingerprint density at radius 3 is 2.64 bits per heavy atom. The van der Waals surface area contributed by atoms with E-state index in [0.717, 1.165) is 30.0 Å². The molecule has 5 heteroatoms. The van der Waals surface area contributed by atoms with Crippen LogP contribution in [0.15, 0.2) is 36.5 Å². The molecule has 1 aromatic carbocycles. The molecule has 0 bridgehead atoms. The molecule has 1 N–H and O–H groups in total. The SMILES string of the molecule is Cc1cc(Cl)ccc1NC(=O)c1ccc(N2CCCC2)cn1. The maximum Gasteiger partial charge on any atom is 0.274 e. The number of halogens is 1. The van der Waals surface area contributed by atoms with Gasteiger partial charge in [-0.05, 0) is 55.7 Å². The fraction of sp³-hybridized carbons (Fsp3) is 0.294. The monoisotopic (exact) mass is 315 g/mol. The Morgan fingerprint density at radius 2 is 2.00 bits per heavy atom. The number of carbonyl (C=O) groups is 1. The zero-order valence-electron chi connectivity index (χ0n) is 12.5. The molecule has 0 aliphatic carbocycles. The van der Waals surface area contributed by atoms with Crippen LogP contribution in [0, 0.1) is 6.92 Å². The lowest BCUT2D eigenvalue weighted by atomic mass is 10.2. The highest BCUT2D eigenvalue weighted by Crippen LogP contribution is 2.21. The molecule has 0 atom stereocenters. The van der Waals surface area contributed by atoms with E-state index >= 15 is 0 Å². The Hall–Kier alpha value is -2.07. The zero-order valence-corrected chi connectivity index (χ0v) is 13.2. The van der Waals surface area contributed by atoms with Crippen LogP contribution in [-0.4, -0.2) is 24.0 Å². The summed E-state index contributed by atoms with van der Waals surface area (Å²) < 4.78 is 0. The van der Waals surface area contributed by atoms with Gasteiger partial charge in [0.15, 0.2) is 0 Å². The van der Waals surface area contributed by atoms with Gasteiger partial charge in [0.05, 0.1) is 11.9 Å². The van der Waals surface area contributed by atoms with Gasteiger partial charge in [0.25, 0.3) is 5.91 Å². The number of pyridine rings is 1. The highest BCUT2D eigenvalue weighted by Gasteiger charge is 2.14. The van der Waals surface area contributed by atoms with Crippen LogP contribution in [0.2, 0.25) is 5.02 Å². The number of rotatable bonds is 3. The van der Waals surface area contributed by atoms with Gasteiger partial charge >= 0.3 is 0 Å². The number of hydrogen-bond donors (Lipinski definition) is 1. The summed E-state index contributed by atoms with van der Waals surface area (Å²) in [5.74, 6) is -0.210. The Morgan fingerprint density at radius 1 is 1.23 bits per heavy atom. The minimum absolute atomic E-state index is 0.210. The third-order valence-electron chi connectivity index (χ3n) is 3.89. The van der Waals surface area contributed by atoms with Crippen LogP contribution < -0.4 is 10.2 Å². The van der Waals surface area contributed by atoms with Crippen LogP contribution in [-0.2, 0) is 0 Å². The minimum atomic E-state index is -0.210. The number of nitrogens with one attached hydrogen (secondary N) is 1. The summed E-state index contributed by atoms with van der Waals surface area (Å²) >= 11 is 5.92. The van der Waals surface area contributed by atoms with E-state index in [-0.39, 0.29) is 5.91 Å². The first-order valence-electron chi connectivity index (χ1n) is 7.42. The number of nitrogens with zero attached hydrogens (tertiary/aromatic N) is 2. The molecule has 1 aromatic heterocycles. The fourth-order valence-corrected chi connectivity index (χ4v) is 2.86. The van der Waals surface area contributed by atoms with E-state index in [0.29, 0.717) is 10.7 Å². The second-order valence-electron chi connectivity index (χ2n) is 5.51. The van der Waals surface area contributed by atoms with Crippen molar-refractivity contribution in [1.29, 1.82) is 0 Å². The predicted molar refractivity (Wildman–Crippen MR) is 89.8 cm³/mol. The first-order valence-corrected chi connectivity index (χ1v) is 7.80. The van der Waals surface area contributed by atoms with Gasteiger partial charge in [0.1, 0.15) is 5.69 Å². The van der Waals surface area contributed by atoms with E-state index in [2.05, 4.69) is 15.2 Å². The lowest BCUT2D eigenvalue weighted by Gasteiger charge is -2.17. The fourth-order valence-electron chi connectivity index (χ4n) is 2.64. The molecule has 0 radical (unpaired) electrons. The second kappa shape index (κ2) is 6.36. The molecule has 1 fully saturated rings. The Labute approximate surface area is 135 Å². The van der Waals surface area contributed by atoms with Gasteiger partial charge in [0.2, 0.25) is 0 Å². The van der Waals surface area contributed by atoms with E-state index in [1.165, 1.54) is 12.8 Å². The van der Waals surface area contributed by atoms with Gasteiger partial charge in [0, 0.05) is 23.8 Å². The first-order chi connectivity index (χ1) is 10.6. The van der Waals surface area contributed by atoms with Gasteiger partial charge in [-0.1, -0.05) is 11.6 Å². The van der Waals surface area contributed by atoms with Gasteiger partial charge < -0.3 is 10.2 Å². The summed E-state index contributed by atoms with van der Waals surface area (Å²) in [6, 6.07) is 9.11. The number of amides is 1. The highest BCUT2D eigenvalue weighted by atomic mass is 35.5.